The van der Waals surface area contributed by atoms with E-state index in [2.05, 4.69) is 32.4 Å². The molecule has 7 nitrogen and oxygen atoms in total. The number of alkyl halides is 1. The summed E-state index contributed by atoms with van der Waals surface area (Å²) in [5.41, 5.74) is 2.98. The van der Waals surface area contributed by atoms with Crippen molar-refractivity contribution in [2.24, 2.45) is 5.92 Å². The summed E-state index contributed by atoms with van der Waals surface area (Å²) in [4.78, 5) is 0. The Hall–Kier alpha value is -3.39. The molecule has 0 spiro atoms. The maximum Gasteiger partial charge on any atom is 0.127 e. The second-order valence-corrected chi connectivity index (χ2v) is 7.35. The van der Waals surface area contributed by atoms with Gasteiger partial charge in [-0.3, -0.25) is 0 Å². The molecule has 2 aromatic heterocycles. The molecule has 0 amide bonds. The van der Waals surface area contributed by atoms with Crippen molar-refractivity contribution in [1.29, 1.82) is 0 Å². The highest BCUT2D eigenvalue weighted by atomic mass is 19.1. The van der Waals surface area contributed by atoms with Gasteiger partial charge in [-0.1, -0.05) is 23.9 Å². The number of allylic oxidation sites excluding steroid dienone is 1. The first-order valence-corrected chi connectivity index (χ1v) is 9.41. The molecule has 0 saturated carbocycles. The smallest absolute Gasteiger partial charge is 0.127 e. The first kappa shape index (κ1) is 17.7. The van der Waals surface area contributed by atoms with Crippen molar-refractivity contribution >= 4 is 5.57 Å². The number of fused-ring (bicyclic) bond motifs is 2. The van der Waals surface area contributed by atoms with Crippen LogP contribution in [0.15, 0.2) is 61.5 Å². The van der Waals surface area contributed by atoms with E-state index >= 15 is 0 Å². The number of hydrogen-bond donors (Lipinski definition) is 2. The summed E-state index contributed by atoms with van der Waals surface area (Å²) in [6.07, 6.45) is 6.78. The number of aromatic hydroxyl groups is 1. The highest BCUT2D eigenvalue weighted by molar-refractivity contribution is 5.70. The van der Waals surface area contributed by atoms with Gasteiger partial charge in [0.15, 0.2) is 0 Å². The number of aromatic nitrogens is 5. The first-order chi connectivity index (χ1) is 14.1. The quantitative estimate of drug-likeness (QED) is 0.666. The van der Waals surface area contributed by atoms with E-state index in [1.54, 1.807) is 41.3 Å². The van der Waals surface area contributed by atoms with Crippen molar-refractivity contribution in [3.63, 3.8) is 0 Å². The molecule has 146 valence electrons. The normalized spacial score (nSPS) is 25.3. The van der Waals surface area contributed by atoms with Crippen LogP contribution >= 0.6 is 0 Å². The number of piperidine rings is 1. The minimum absolute atomic E-state index is 0.0590. The lowest BCUT2D eigenvalue weighted by atomic mass is 9.83. The van der Waals surface area contributed by atoms with Crippen LogP contribution in [0, 0.1) is 5.92 Å². The zero-order valence-corrected chi connectivity index (χ0v) is 15.5. The summed E-state index contributed by atoms with van der Waals surface area (Å²) in [6.45, 7) is 4.09. The lowest BCUT2D eigenvalue weighted by Gasteiger charge is -2.33. The summed E-state index contributed by atoms with van der Waals surface area (Å²) in [7, 11) is 0. The average molecular weight is 390 g/mol. The van der Waals surface area contributed by atoms with Crippen LogP contribution in [0.4, 0.5) is 4.39 Å². The standard InChI is InChI=1S/C21H19FN6O/c1-12(16-10-13-2-5-19(24-13)21(16)22)17-6-7-18(26-25-17)15-4-3-14(11-20(15)29)28-9-8-23-27-28/h2-9,11,13,16,19,21,24,29H,1,10H2/t13?,16-,19?,21-/m1/s1. The van der Waals surface area contributed by atoms with Crippen LogP contribution < -0.4 is 5.32 Å². The number of phenols is 1. The Morgan fingerprint density at radius 3 is 2.83 bits per heavy atom. The lowest BCUT2D eigenvalue weighted by Crippen LogP contribution is -2.47. The van der Waals surface area contributed by atoms with Crippen LogP contribution in [-0.4, -0.2) is 48.6 Å². The highest BCUT2D eigenvalue weighted by Crippen LogP contribution is 2.37. The predicted octanol–water partition coefficient (Wildman–Crippen LogP) is 2.70. The van der Waals surface area contributed by atoms with E-state index in [4.69, 9.17) is 0 Å². The molecule has 2 aliphatic rings. The van der Waals surface area contributed by atoms with Crippen molar-refractivity contribution < 1.29 is 9.50 Å². The molecule has 29 heavy (non-hydrogen) atoms. The molecule has 2 aliphatic heterocycles. The summed E-state index contributed by atoms with van der Waals surface area (Å²) >= 11 is 0. The van der Waals surface area contributed by atoms with Crippen molar-refractivity contribution in [2.45, 2.75) is 24.7 Å². The zero-order valence-electron chi connectivity index (χ0n) is 15.5. The second-order valence-electron chi connectivity index (χ2n) is 7.35. The van der Waals surface area contributed by atoms with Gasteiger partial charge in [0.2, 0.25) is 0 Å². The summed E-state index contributed by atoms with van der Waals surface area (Å²) in [6, 6.07) is 8.61. The van der Waals surface area contributed by atoms with Gasteiger partial charge in [-0.15, -0.1) is 10.2 Å². The Labute approximate surface area is 166 Å². The largest absolute Gasteiger partial charge is 0.507 e. The van der Waals surface area contributed by atoms with Crippen molar-refractivity contribution in [3.8, 4) is 22.7 Å². The van der Waals surface area contributed by atoms with Crippen LogP contribution in [-0.2, 0) is 0 Å². The van der Waals surface area contributed by atoms with Crippen LogP contribution in [0.5, 0.6) is 5.75 Å². The number of benzene rings is 1. The van der Waals surface area contributed by atoms with E-state index in [1.807, 2.05) is 18.2 Å². The van der Waals surface area contributed by atoms with Crippen molar-refractivity contribution in [1.82, 2.24) is 30.5 Å². The fourth-order valence-electron chi connectivity index (χ4n) is 4.01. The van der Waals surface area contributed by atoms with Crippen LogP contribution in [0.3, 0.4) is 0 Å². The SMILES string of the molecule is C=C(c1ccc(-c2ccc(-n3ccnn3)cc2O)nn1)[C@H]1CC2C=CC(N2)[C@@H]1F. The van der Waals surface area contributed by atoms with E-state index in [-0.39, 0.29) is 23.8 Å². The predicted molar refractivity (Wildman–Crippen MR) is 106 cm³/mol. The number of nitrogens with one attached hydrogen (secondary N) is 1. The monoisotopic (exact) mass is 390 g/mol. The molecule has 3 aromatic rings. The molecule has 8 heteroatoms. The van der Waals surface area contributed by atoms with E-state index < -0.39 is 6.17 Å². The number of phenolic OH excluding ortho intramolecular Hbond substituents is 1. The number of nitrogens with zero attached hydrogens (tertiary/aromatic N) is 5. The maximum absolute atomic E-state index is 14.8. The molecule has 5 rings (SSSR count). The molecule has 0 radical (unpaired) electrons. The lowest BCUT2D eigenvalue weighted by molar-refractivity contribution is 0.179. The van der Waals surface area contributed by atoms with Crippen LogP contribution in [0.25, 0.3) is 22.5 Å². The molecule has 1 saturated heterocycles. The van der Waals surface area contributed by atoms with Gasteiger partial charge in [-0.25, -0.2) is 9.07 Å². The van der Waals surface area contributed by atoms with E-state index in [0.29, 0.717) is 34.6 Å². The average Bonchev–Trinajstić information content (AvgIpc) is 3.41. The highest BCUT2D eigenvalue weighted by Gasteiger charge is 2.40. The molecule has 2 bridgehead atoms. The van der Waals surface area contributed by atoms with E-state index in [1.165, 1.54) is 0 Å². The number of halogens is 1. The van der Waals surface area contributed by atoms with E-state index in [0.717, 1.165) is 0 Å². The molecular weight excluding hydrogens is 371 g/mol. The number of hydrogen-bond acceptors (Lipinski definition) is 6. The fourth-order valence-corrected chi connectivity index (χ4v) is 4.01. The second kappa shape index (κ2) is 6.89. The third kappa shape index (κ3) is 3.11. The van der Waals surface area contributed by atoms with Gasteiger partial charge in [-0.2, -0.15) is 5.10 Å². The van der Waals surface area contributed by atoms with Gasteiger partial charge in [0, 0.05) is 23.6 Å². The zero-order chi connectivity index (χ0) is 20.0. The Kier molecular flexibility index (Phi) is 4.21. The van der Waals surface area contributed by atoms with Gasteiger partial charge in [0.25, 0.3) is 0 Å². The Morgan fingerprint density at radius 2 is 2.10 bits per heavy atom. The minimum Gasteiger partial charge on any atom is -0.507 e. The topological polar surface area (TPSA) is 88.8 Å². The van der Waals surface area contributed by atoms with Gasteiger partial charge >= 0.3 is 0 Å². The third-order valence-electron chi connectivity index (χ3n) is 5.58. The molecule has 1 aromatic carbocycles. The minimum atomic E-state index is -1.03. The van der Waals surface area contributed by atoms with Crippen LogP contribution in [0.2, 0.25) is 0 Å². The van der Waals surface area contributed by atoms with Gasteiger partial charge in [-0.05, 0) is 36.3 Å². The molecular formula is C21H19FN6O. The van der Waals surface area contributed by atoms with Crippen molar-refractivity contribution in [2.75, 3.05) is 0 Å². The Morgan fingerprint density at radius 1 is 1.21 bits per heavy atom. The van der Waals surface area contributed by atoms with Gasteiger partial charge in [0.05, 0.1) is 35.5 Å². The Balaban J connectivity index is 1.37. The molecule has 0 aliphatic carbocycles. The van der Waals surface area contributed by atoms with E-state index in [9.17, 15) is 9.50 Å². The third-order valence-corrected chi connectivity index (χ3v) is 5.58. The summed E-state index contributed by atoms with van der Waals surface area (Å²) in [5.74, 6) is -0.236. The van der Waals surface area contributed by atoms with Crippen LogP contribution in [0.1, 0.15) is 12.1 Å². The summed E-state index contributed by atoms with van der Waals surface area (Å²) < 4.78 is 16.3. The van der Waals surface area contributed by atoms with Gasteiger partial charge in [0.1, 0.15) is 11.9 Å². The molecule has 4 heterocycles. The molecule has 1 fully saturated rings. The van der Waals surface area contributed by atoms with Gasteiger partial charge < -0.3 is 10.4 Å². The first-order valence-electron chi connectivity index (χ1n) is 9.41. The maximum atomic E-state index is 14.8. The summed E-state index contributed by atoms with van der Waals surface area (Å²) in [5, 5.41) is 29.8. The molecule has 2 N–H and O–H groups in total. The van der Waals surface area contributed by atoms with Crippen molar-refractivity contribution in [3.05, 3.63) is 67.2 Å². The molecule has 4 atom stereocenters. The molecule has 2 unspecified atom stereocenters. The fraction of sp³-hybridized carbons (Fsp3) is 0.238. The number of rotatable bonds is 4. The Bertz CT molecular complexity index is 1080.